The Hall–Kier alpha value is -1.88. The molecule has 0 radical (unpaired) electrons. The fraction of sp³-hybridized carbons (Fsp3) is 0.100. The Morgan fingerprint density at radius 1 is 1.22 bits per heavy atom. The highest BCUT2D eigenvalue weighted by atomic mass is 127. The van der Waals surface area contributed by atoms with E-state index in [1.54, 1.807) is 25.3 Å². The van der Waals surface area contributed by atoms with Crippen LogP contribution in [0, 0.1) is 7.14 Å². The molecule has 0 atom stereocenters. The van der Waals surface area contributed by atoms with Gasteiger partial charge >= 0.3 is 5.97 Å². The van der Waals surface area contributed by atoms with Gasteiger partial charge in [0.1, 0.15) is 6.61 Å². The van der Waals surface area contributed by atoms with Crippen LogP contribution in [-0.4, -0.2) is 25.6 Å². The maximum Gasteiger partial charge on any atom is 0.363 e. The van der Waals surface area contributed by atoms with Crippen LogP contribution in [0.25, 0.3) is 6.08 Å². The number of hydrogen-bond acceptors (Lipinski definition) is 5. The number of nitrogens with zero attached hydrogens (tertiary/aromatic N) is 1. The number of carbonyl (C=O) groups is 1. The Balaban J connectivity index is 1.93. The summed E-state index contributed by atoms with van der Waals surface area (Å²) in [6.07, 6.45) is 3.34. The summed E-state index contributed by atoms with van der Waals surface area (Å²) in [4.78, 5) is 16.5. The molecule has 2 aromatic rings. The summed E-state index contributed by atoms with van der Waals surface area (Å²) in [5.74, 6) is 1.03. The second-order valence-corrected chi connectivity index (χ2v) is 7.88. The minimum absolute atomic E-state index is 0.237. The molecule has 0 amide bonds. The number of benzene rings is 2. The molecule has 1 aliphatic rings. The normalized spacial score (nSPS) is 14.7. The van der Waals surface area contributed by atoms with Crippen LogP contribution < -0.4 is 9.47 Å². The highest BCUT2D eigenvalue weighted by Crippen LogP contribution is 2.35. The van der Waals surface area contributed by atoms with Crippen LogP contribution in [0.1, 0.15) is 11.1 Å². The molecule has 1 heterocycles. The SMILES string of the molecule is C=CCOc1c(I)cc(/C=C2\N=C(c3ccc(I)cc3)OC2=O)cc1OC. The summed E-state index contributed by atoms with van der Waals surface area (Å²) in [5, 5.41) is 0. The zero-order valence-electron chi connectivity index (χ0n) is 14.4. The maximum atomic E-state index is 12.2. The first-order valence-electron chi connectivity index (χ1n) is 7.91. The van der Waals surface area contributed by atoms with E-state index in [0.717, 1.165) is 18.3 Å². The molecule has 0 fully saturated rings. The summed E-state index contributed by atoms with van der Waals surface area (Å²) in [6, 6.07) is 11.3. The first kappa shape index (κ1) is 19.9. The molecule has 0 saturated carbocycles. The molecular formula is C20H15I2NO4. The molecule has 0 N–H and O–H groups in total. The van der Waals surface area contributed by atoms with Crippen LogP contribution >= 0.6 is 45.2 Å². The summed E-state index contributed by atoms with van der Waals surface area (Å²) in [7, 11) is 1.57. The predicted octanol–water partition coefficient (Wildman–Crippen LogP) is 4.81. The Morgan fingerprint density at radius 3 is 2.63 bits per heavy atom. The zero-order valence-corrected chi connectivity index (χ0v) is 18.7. The van der Waals surface area contributed by atoms with Gasteiger partial charge in [0, 0.05) is 9.13 Å². The number of carbonyl (C=O) groups excluding carboxylic acids is 1. The van der Waals surface area contributed by atoms with Crippen LogP contribution in [0.15, 0.2) is 59.7 Å². The van der Waals surface area contributed by atoms with E-state index >= 15 is 0 Å². The molecular weight excluding hydrogens is 572 g/mol. The van der Waals surface area contributed by atoms with E-state index in [4.69, 9.17) is 14.2 Å². The summed E-state index contributed by atoms with van der Waals surface area (Å²) in [6.45, 7) is 4.03. The molecule has 0 spiro atoms. The predicted molar refractivity (Wildman–Crippen MR) is 121 cm³/mol. The van der Waals surface area contributed by atoms with Gasteiger partial charge in [0.2, 0.25) is 5.90 Å². The first-order chi connectivity index (χ1) is 13.0. The topological polar surface area (TPSA) is 57.1 Å². The lowest BCUT2D eigenvalue weighted by atomic mass is 10.1. The third-order valence-corrected chi connectivity index (χ3v) is 5.13. The number of esters is 1. The molecule has 2 aromatic carbocycles. The molecule has 5 nitrogen and oxygen atoms in total. The van der Waals surface area contributed by atoms with Crippen LogP contribution in [0.2, 0.25) is 0 Å². The molecule has 0 unspecified atom stereocenters. The third-order valence-electron chi connectivity index (χ3n) is 3.61. The Bertz CT molecular complexity index is 949. The lowest BCUT2D eigenvalue weighted by Gasteiger charge is -2.12. The van der Waals surface area contributed by atoms with Gasteiger partial charge in [0.05, 0.1) is 10.7 Å². The second-order valence-electron chi connectivity index (χ2n) is 5.48. The molecule has 138 valence electrons. The Morgan fingerprint density at radius 2 is 1.96 bits per heavy atom. The van der Waals surface area contributed by atoms with Crippen molar-refractivity contribution in [2.24, 2.45) is 4.99 Å². The number of rotatable bonds is 6. The van der Waals surface area contributed by atoms with E-state index in [-0.39, 0.29) is 5.70 Å². The number of methoxy groups -OCH3 is 1. The largest absolute Gasteiger partial charge is 0.493 e. The molecule has 27 heavy (non-hydrogen) atoms. The fourth-order valence-corrected chi connectivity index (χ4v) is 3.53. The number of cyclic esters (lactones) is 1. The molecule has 1 aliphatic heterocycles. The zero-order chi connectivity index (χ0) is 19.4. The minimum Gasteiger partial charge on any atom is -0.493 e. The van der Waals surface area contributed by atoms with Crippen molar-refractivity contribution in [1.82, 2.24) is 0 Å². The highest BCUT2D eigenvalue weighted by molar-refractivity contribution is 14.1. The average Bonchev–Trinajstić information content (AvgIpc) is 3.01. The van der Waals surface area contributed by atoms with Gasteiger partial charge < -0.3 is 14.2 Å². The fourth-order valence-electron chi connectivity index (χ4n) is 2.39. The molecule has 0 saturated heterocycles. The van der Waals surface area contributed by atoms with Crippen molar-refractivity contribution < 1.29 is 19.0 Å². The van der Waals surface area contributed by atoms with Gasteiger partial charge in [-0.15, -0.1) is 0 Å². The average molecular weight is 587 g/mol. The van der Waals surface area contributed by atoms with Gasteiger partial charge in [-0.2, -0.15) is 0 Å². The molecule has 0 aromatic heterocycles. The molecule has 0 bridgehead atoms. The van der Waals surface area contributed by atoms with Gasteiger partial charge in [-0.05, 0) is 93.2 Å². The van der Waals surface area contributed by atoms with E-state index in [2.05, 4.69) is 56.8 Å². The smallest absolute Gasteiger partial charge is 0.363 e. The van der Waals surface area contributed by atoms with Gasteiger partial charge in [-0.3, -0.25) is 0 Å². The van der Waals surface area contributed by atoms with E-state index in [0.29, 0.717) is 24.0 Å². The van der Waals surface area contributed by atoms with Crippen molar-refractivity contribution in [3.8, 4) is 11.5 Å². The maximum absolute atomic E-state index is 12.2. The van der Waals surface area contributed by atoms with Crippen LogP contribution in [0.5, 0.6) is 11.5 Å². The van der Waals surface area contributed by atoms with Crippen molar-refractivity contribution in [3.05, 3.63) is 73.0 Å². The van der Waals surface area contributed by atoms with Crippen molar-refractivity contribution in [2.75, 3.05) is 13.7 Å². The van der Waals surface area contributed by atoms with Crippen LogP contribution in [0.3, 0.4) is 0 Å². The van der Waals surface area contributed by atoms with E-state index in [1.807, 2.05) is 30.3 Å². The molecule has 3 rings (SSSR count). The minimum atomic E-state index is -0.482. The van der Waals surface area contributed by atoms with Crippen LogP contribution in [0.4, 0.5) is 0 Å². The highest BCUT2D eigenvalue weighted by Gasteiger charge is 2.24. The summed E-state index contributed by atoms with van der Waals surface area (Å²) >= 11 is 4.38. The number of hydrogen-bond donors (Lipinski definition) is 0. The third kappa shape index (κ3) is 4.70. The molecule has 7 heteroatoms. The monoisotopic (exact) mass is 587 g/mol. The summed E-state index contributed by atoms with van der Waals surface area (Å²) < 4.78 is 18.3. The van der Waals surface area contributed by atoms with Gasteiger partial charge in [-0.25, -0.2) is 9.79 Å². The number of halogens is 2. The van der Waals surface area contributed by atoms with E-state index < -0.39 is 5.97 Å². The quantitative estimate of drug-likeness (QED) is 0.211. The number of ether oxygens (including phenoxy) is 3. The van der Waals surface area contributed by atoms with Gasteiger partial charge in [-0.1, -0.05) is 12.7 Å². The van der Waals surface area contributed by atoms with Crippen molar-refractivity contribution in [2.45, 2.75) is 0 Å². The van der Waals surface area contributed by atoms with Gasteiger partial charge in [0.25, 0.3) is 0 Å². The Labute approximate surface area is 184 Å². The lowest BCUT2D eigenvalue weighted by Crippen LogP contribution is -2.05. The van der Waals surface area contributed by atoms with Gasteiger partial charge in [0.15, 0.2) is 17.2 Å². The Kier molecular flexibility index (Phi) is 6.53. The van der Waals surface area contributed by atoms with E-state index in [9.17, 15) is 4.79 Å². The second kappa shape index (κ2) is 8.87. The lowest BCUT2D eigenvalue weighted by molar-refractivity contribution is -0.129. The van der Waals surface area contributed by atoms with E-state index in [1.165, 1.54) is 0 Å². The van der Waals surface area contributed by atoms with Crippen molar-refractivity contribution >= 4 is 63.1 Å². The molecule has 0 aliphatic carbocycles. The van der Waals surface area contributed by atoms with Crippen molar-refractivity contribution in [1.29, 1.82) is 0 Å². The van der Waals surface area contributed by atoms with Crippen LogP contribution in [-0.2, 0) is 9.53 Å². The first-order valence-corrected chi connectivity index (χ1v) is 10.1. The van der Waals surface area contributed by atoms with Crippen molar-refractivity contribution in [3.63, 3.8) is 0 Å². The standard InChI is InChI=1S/C20H15I2NO4/c1-3-8-26-18-15(22)9-12(11-17(18)25-2)10-16-20(24)27-19(23-16)13-4-6-14(21)7-5-13/h3-7,9-11H,1,8H2,2H3/b16-10-. The summed E-state index contributed by atoms with van der Waals surface area (Å²) in [5.41, 5.74) is 1.76. The number of aliphatic imine (C=N–C) groups is 1.